The van der Waals surface area contributed by atoms with Gasteiger partial charge in [-0.15, -0.1) is 0 Å². The van der Waals surface area contributed by atoms with Crippen molar-refractivity contribution in [2.24, 2.45) is 17.8 Å². The van der Waals surface area contributed by atoms with Gasteiger partial charge in [0.15, 0.2) is 0 Å². The summed E-state index contributed by atoms with van der Waals surface area (Å²) in [5.74, 6) is -1.00. The minimum Gasteiger partial charge on any atom is -0.481 e. The maximum atomic E-state index is 10.7. The largest absolute Gasteiger partial charge is 0.481 e. The van der Waals surface area contributed by atoms with Crippen molar-refractivity contribution in [1.82, 2.24) is 0 Å². The van der Waals surface area contributed by atoms with Crippen molar-refractivity contribution in [2.45, 2.75) is 26.2 Å². The topological polar surface area (TPSA) is 61.1 Å². The molecule has 3 atom stereocenters. The third-order valence-electron chi connectivity index (χ3n) is 2.60. The number of hydrogen-bond donors (Lipinski definition) is 1. The lowest BCUT2D eigenvalue weighted by Crippen LogP contribution is -2.28. The average molecular weight is 167 g/mol. The second kappa shape index (κ2) is 3.57. The Morgan fingerprint density at radius 3 is 2.75 bits per heavy atom. The first-order valence-electron chi connectivity index (χ1n) is 4.27. The van der Waals surface area contributed by atoms with Gasteiger partial charge in [0.1, 0.15) is 0 Å². The Morgan fingerprint density at radius 1 is 1.58 bits per heavy atom. The predicted molar refractivity (Wildman–Crippen MR) is 43.2 cm³/mol. The van der Waals surface area contributed by atoms with Gasteiger partial charge in [0.25, 0.3) is 0 Å². The molecule has 0 bridgehead atoms. The van der Waals surface area contributed by atoms with Gasteiger partial charge in [0.2, 0.25) is 0 Å². The van der Waals surface area contributed by atoms with E-state index in [1.54, 1.807) is 0 Å². The third kappa shape index (κ3) is 1.76. The molecular formula is C9H13NO2. The summed E-state index contributed by atoms with van der Waals surface area (Å²) in [6.07, 6.45) is 2.34. The summed E-state index contributed by atoms with van der Waals surface area (Å²) in [6, 6.07) is 2.08. The van der Waals surface area contributed by atoms with Crippen molar-refractivity contribution in [3.05, 3.63) is 0 Å². The molecule has 1 aliphatic carbocycles. The highest BCUT2D eigenvalue weighted by Crippen LogP contribution is 2.33. The van der Waals surface area contributed by atoms with E-state index in [-0.39, 0.29) is 5.92 Å². The van der Waals surface area contributed by atoms with E-state index in [1.807, 2.05) is 0 Å². The molecule has 0 aliphatic heterocycles. The molecule has 0 aromatic rings. The van der Waals surface area contributed by atoms with Gasteiger partial charge in [-0.1, -0.05) is 6.92 Å². The van der Waals surface area contributed by atoms with Crippen LogP contribution in [0.25, 0.3) is 0 Å². The standard InChI is InChI=1S/C9H13NO2/c1-6-2-3-8(9(11)12)7(4-6)5-10/h6-8H,2-4H2,1H3,(H,11,12). The van der Waals surface area contributed by atoms with Crippen LogP contribution in [0.2, 0.25) is 0 Å². The smallest absolute Gasteiger partial charge is 0.307 e. The monoisotopic (exact) mass is 167 g/mol. The van der Waals surface area contributed by atoms with Gasteiger partial charge in [-0.3, -0.25) is 4.79 Å². The number of carbonyl (C=O) groups is 1. The van der Waals surface area contributed by atoms with Gasteiger partial charge in [0, 0.05) is 0 Å². The zero-order chi connectivity index (χ0) is 9.14. The van der Waals surface area contributed by atoms with Crippen LogP contribution in [-0.2, 0) is 4.79 Å². The summed E-state index contributed by atoms with van der Waals surface area (Å²) in [5, 5.41) is 17.5. The molecule has 1 N–H and O–H groups in total. The Morgan fingerprint density at radius 2 is 2.25 bits per heavy atom. The first-order chi connectivity index (χ1) is 5.65. The summed E-state index contributed by atoms with van der Waals surface area (Å²) in [6.45, 7) is 2.07. The van der Waals surface area contributed by atoms with Crippen LogP contribution in [0.3, 0.4) is 0 Å². The lowest BCUT2D eigenvalue weighted by Gasteiger charge is -2.27. The van der Waals surface area contributed by atoms with Crippen LogP contribution in [0.1, 0.15) is 26.2 Å². The molecule has 66 valence electrons. The number of hydrogen-bond acceptors (Lipinski definition) is 2. The molecule has 0 amide bonds. The summed E-state index contributed by atoms with van der Waals surface area (Å²) >= 11 is 0. The van der Waals surface area contributed by atoms with Crippen molar-refractivity contribution < 1.29 is 9.90 Å². The highest BCUT2D eigenvalue weighted by Gasteiger charge is 2.33. The summed E-state index contributed by atoms with van der Waals surface area (Å²) in [7, 11) is 0. The van der Waals surface area contributed by atoms with Gasteiger partial charge < -0.3 is 5.11 Å². The zero-order valence-electron chi connectivity index (χ0n) is 7.16. The van der Waals surface area contributed by atoms with E-state index in [2.05, 4.69) is 13.0 Å². The van der Waals surface area contributed by atoms with Crippen LogP contribution < -0.4 is 0 Å². The van der Waals surface area contributed by atoms with E-state index in [9.17, 15) is 4.79 Å². The fourth-order valence-corrected chi connectivity index (χ4v) is 1.82. The maximum absolute atomic E-state index is 10.7. The molecule has 0 aromatic heterocycles. The molecule has 3 nitrogen and oxygen atoms in total. The Labute approximate surface area is 72.0 Å². The number of carboxylic acids is 1. The summed E-state index contributed by atoms with van der Waals surface area (Å²) in [5.41, 5.74) is 0. The van der Waals surface area contributed by atoms with Crippen LogP contribution in [0.4, 0.5) is 0 Å². The number of carboxylic acid groups (broad SMARTS) is 1. The SMILES string of the molecule is CC1CCC(C(=O)O)C(C#N)C1. The second-order valence-corrected chi connectivity index (χ2v) is 3.60. The number of nitrogens with zero attached hydrogens (tertiary/aromatic N) is 1. The molecule has 12 heavy (non-hydrogen) atoms. The Hall–Kier alpha value is -1.04. The molecule has 1 fully saturated rings. The normalized spacial score (nSPS) is 35.5. The first kappa shape index (κ1) is 9.05. The van der Waals surface area contributed by atoms with Gasteiger partial charge in [-0.2, -0.15) is 5.26 Å². The van der Waals surface area contributed by atoms with E-state index in [0.29, 0.717) is 12.3 Å². The number of aliphatic carboxylic acids is 1. The molecule has 3 unspecified atom stereocenters. The zero-order valence-corrected chi connectivity index (χ0v) is 7.16. The minimum absolute atomic E-state index is 0.272. The molecule has 0 radical (unpaired) electrons. The number of nitriles is 1. The average Bonchev–Trinajstić information content (AvgIpc) is 2.03. The highest BCUT2D eigenvalue weighted by atomic mass is 16.4. The lowest BCUT2D eigenvalue weighted by molar-refractivity contribution is -0.144. The maximum Gasteiger partial charge on any atom is 0.307 e. The summed E-state index contributed by atoms with van der Waals surface area (Å²) in [4.78, 5) is 10.7. The number of rotatable bonds is 1. The Balaban J connectivity index is 2.64. The molecular weight excluding hydrogens is 154 g/mol. The minimum atomic E-state index is -0.812. The van der Waals surface area contributed by atoms with Crippen molar-refractivity contribution in [2.75, 3.05) is 0 Å². The van der Waals surface area contributed by atoms with E-state index in [1.165, 1.54) is 0 Å². The van der Waals surface area contributed by atoms with Gasteiger partial charge >= 0.3 is 5.97 Å². The molecule has 1 saturated carbocycles. The van der Waals surface area contributed by atoms with Gasteiger partial charge in [-0.25, -0.2) is 0 Å². The van der Waals surface area contributed by atoms with E-state index >= 15 is 0 Å². The fourth-order valence-electron chi connectivity index (χ4n) is 1.82. The lowest BCUT2D eigenvalue weighted by atomic mass is 9.75. The van der Waals surface area contributed by atoms with Crippen molar-refractivity contribution in [3.8, 4) is 6.07 Å². The van der Waals surface area contributed by atoms with Crippen molar-refractivity contribution in [3.63, 3.8) is 0 Å². The van der Waals surface area contributed by atoms with Crippen LogP contribution >= 0.6 is 0 Å². The van der Waals surface area contributed by atoms with Crippen LogP contribution in [0.15, 0.2) is 0 Å². The summed E-state index contributed by atoms with van der Waals surface area (Å²) < 4.78 is 0. The van der Waals surface area contributed by atoms with Crippen molar-refractivity contribution in [1.29, 1.82) is 5.26 Å². The molecule has 1 aliphatic rings. The molecule has 0 saturated heterocycles. The predicted octanol–water partition coefficient (Wildman–Crippen LogP) is 1.65. The fraction of sp³-hybridized carbons (Fsp3) is 0.778. The van der Waals surface area contributed by atoms with Gasteiger partial charge in [-0.05, 0) is 25.2 Å². The second-order valence-electron chi connectivity index (χ2n) is 3.60. The molecule has 0 spiro atoms. The third-order valence-corrected chi connectivity index (χ3v) is 2.60. The van der Waals surface area contributed by atoms with Crippen LogP contribution in [0.5, 0.6) is 0 Å². The molecule has 0 heterocycles. The quantitative estimate of drug-likeness (QED) is 0.645. The van der Waals surface area contributed by atoms with E-state index < -0.39 is 11.9 Å². The van der Waals surface area contributed by atoms with Crippen LogP contribution in [-0.4, -0.2) is 11.1 Å². The molecule has 0 aromatic carbocycles. The highest BCUT2D eigenvalue weighted by molar-refractivity contribution is 5.71. The van der Waals surface area contributed by atoms with Crippen molar-refractivity contribution >= 4 is 5.97 Å². The van der Waals surface area contributed by atoms with Gasteiger partial charge in [0.05, 0.1) is 17.9 Å². The Kier molecular flexibility index (Phi) is 2.69. The first-order valence-corrected chi connectivity index (χ1v) is 4.27. The molecule has 3 heteroatoms. The molecule has 1 rings (SSSR count). The Bertz CT molecular complexity index is 219. The van der Waals surface area contributed by atoms with E-state index in [4.69, 9.17) is 10.4 Å². The van der Waals surface area contributed by atoms with Crippen LogP contribution in [0, 0.1) is 29.1 Å². The van der Waals surface area contributed by atoms with E-state index in [0.717, 1.165) is 12.8 Å².